The van der Waals surface area contributed by atoms with Gasteiger partial charge in [-0.1, -0.05) is 23.9 Å². The molecule has 1 aromatic carbocycles. The molecule has 1 aliphatic rings. The zero-order valence-corrected chi connectivity index (χ0v) is 11.8. The number of nitrogens with one attached hydrogen (secondary N) is 1. The largest absolute Gasteiger partial charge is 0.269 e. The van der Waals surface area contributed by atoms with Crippen LogP contribution in [0, 0.1) is 0 Å². The second-order valence-electron chi connectivity index (χ2n) is 4.02. The first-order chi connectivity index (χ1) is 9.60. The van der Waals surface area contributed by atoms with Crippen molar-refractivity contribution in [2.24, 2.45) is 0 Å². The summed E-state index contributed by atoms with van der Waals surface area (Å²) in [6, 6.07) is 6.24. The van der Waals surface area contributed by atoms with Gasteiger partial charge in [0.2, 0.25) is 0 Å². The zero-order valence-electron chi connectivity index (χ0n) is 10.2. The van der Waals surface area contributed by atoms with Gasteiger partial charge in [0.1, 0.15) is 11.2 Å². The van der Waals surface area contributed by atoms with E-state index in [1.54, 1.807) is 12.1 Å². The number of H-pyrrole nitrogens is 1. The van der Waals surface area contributed by atoms with E-state index in [1.807, 2.05) is 0 Å². The molecule has 3 rings (SSSR count). The highest BCUT2D eigenvalue weighted by Gasteiger charge is 2.40. The SMILES string of the molecule is O=C1c2ccccc2S(=O)(=O)N1CCSc1ncn[nH]1. The van der Waals surface area contributed by atoms with Crippen LogP contribution in [-0.4, -0.2) is 46.1 Å². The molecular formula is C11H10N4O3S2. The molecule has 1 aromatic heterocycles. The Morgan fingerprint density at radius 3 is 2.80 bits per heavy atom. The van der Waals surface area contributed by atoms with Gasteiger partial charge in [-0.05, 0) is 12.1 Å². The Balaban J connectivity index is 1.77. The molecule has 7 nitrogen and oxygen atoms in total. The molecule has 2 heterocycles. The minimum atomic E-state index is -3.71. The summed E-state index contributed by atoms with van der Waals surface area (Å²) in [5, 5.41) is 6.94. The monoisotopic (exact) mass is 310 g/mol. The van der Waals surface area contributed by atoms with E-state index < -0.39 is 15.9 Å². The van der Waals surface area contributed by atoms with E-state index >= 15 is 0 Å². The van der Waals surface area contributed by atoms with Crippen LogP contribution in [0.25, 0.3) is 0 Å². The summed E-state index contributed by atoms with van der Waals surface area (Å²) in [5.74, 6) is -0.0625. The molecule has 0 spiro atoms. The fraction of sp³-hybridized carbons (Fsp3) is 0.182. The van der Waals surface area contributed by atoms with Crippen molar-refractivity contribution in [2.45, 2.75) is 10.1 Å². The van der Waals surface area contributed by atoms with Crippen LogP contribution in [0.2, 0.25) is 0 Å². The average Bonchev–Trinajstić information content (AvgIpc) is 3.01. The molecular weight excluding hydrogens is 300 g/mol. The molecule has 1 amide bonds. The van der Waals surface area contributed by atoms with Crippen LogP contribution in [-0.2, 0) is 10.0 Å². The first kappa shape index (κ1) is 13.1. The number of nitrogens with zero attached hydrogens (tertiary/aromatic N) is 3. The number of hydrogen-bond donors (Lipinski definition) is 1. The van der Waals surface area contributed by atoms with Gasteiger partial charge in [0.25, 0.3) is 15.9 Å². The van der Waals surface area contributed by atoms with Crippen molar-refractivity contribution in [1.29, 1.82) is 0 Å². The van der Waals surface area contributed by atoms with Crippen molar-refractivity contribution in [3.63, 3.8) is 0 Å². The van der Waals surface area contributed by atoms with Crippen LogP contribution in [0.4, 0.5) is 0 Å². The maximum absolute atomic E-state index is 12.2. The topological polar surface area (TPSA) is 96.0 Å². The van der Waals surface area contributed by atoms with Crippen LogP contribution in [0.15, 0.2) is 40.6 Å². The summed E-state index contributed by atoms with van der Waals surface area (Å²) in [4.78, 5) is 16.1. The normalized spacial score (nSPS) is 16.4. The highest BCUT2D eigenvalue weighted by atomic mass is 32.2. The second kappa shape index (κ2) is 4.91. The van der Waals surface area contributed by atoms with Crippen LogP contribution >= 0.6 is 11.8 Å². The maximum atomic E-state index is 12.2. The number of carbonyl (C=O) groups is 1. The Labute approximate surface area is 119 Å². The summed E-state index contributed by atoms with van der Waals surface area (Å²) < 4.78 is 25.4. The molecule has 0 unspecified atom stereocenters. The summed E-state index contributed by atoms with van der Waals surface area (Å²) in [7, 11) is -3.71. The molecule has 0 radical (unpaired) electrons. The molecule has 1 N–H and O–H groups in total. The van der Waals surface area contributed by atoms with E-state index in [-0.39, 0.29) is 17.0 Å². The number of aromatic amines is 1. The van der Waals surface area contributed by atoms with E-state index in [0.717, 1.165) is 4.31 Å². The molecule has 0 fully saturated rings. The number of fused-ring (bicyclic) bond motifs is 1. The highest BCUT2D eigenvalue weighted by molar-refractivity contribution is 7.99. The number of sulfonamides is 1. The minimum absolute atomic E-state index is 0.0784. The van der Waals surface area contributed by atoms with Gasteiger partial charge in [-0.3, -0.25) is 9.89 Å². The van der Waals surface area contributed by atoms with Crippen molar-refractivity contribution >= 4 is 27.7 Å². The number of amides is 1. The fourth-order valence-electron chi connectivity index (χ4n) is 1.94. The van der Waals surface area contributed by atoms with Crippen LogP contribution < -0.4 is 0 Å². The Hall–Kier alpha value is -1.87. The molecule has 9 heteroatoms. The lowest BCUT2D eigenvalue weighted by Crippen LogP contribution is -2.32. The standard InChI is InChI=1S/C11H10N4O3S2/c16-10-8-3-1-2-4-9(8)20(17,18)15(10)5-6-19-11-12-7-13-14-11/h1-4,7H,5-6H2,(H,12,13,14). The van der Waals surface area contributed by atoms with E-state index in [4.69, 9.17) is 0 Å². The quantitative estimate of drug-likeness (QED) is 0.837. The Kier molecular flexibility index (Phi) is 3.22. The summed E-state index contributed by atoms with van der Waals surface area (Å²) >= 11 is 1.31. The lowest BCUT2D eigenvalue weighted by atomic mass is 10.2. The third-order valence-electron chi connectivity index (χ3n) is 2.84. The third kappa shape index (κ3) is 2.08. The fourth-order valence-corrected chi connectivity index (χ4v) is 4.33. The molecule has 0 saturated carbocycles. The molecule has 1 aliphatic heterocycles. The van der Waals surface area contributed by atoms with Crippen LogP contribution in [0.5, 0.6) is 0 Å². The first-order valence-electron chi connectivity index (χ1n) is 5.75. The smallest absolute Gasteiger partial charge is 0.268 e. The van der Waals surface area contributed by atoms with Gasteiger partial charge in [-0.15, -0.1) is 0 Å². The summed E-state index contributed by atoms with van der Waals surface area (Å²) in [6.07, 6.45) is 1.37. The molecule has 0 atom stereocenters. The number of rotatable bonds is 4. The number of carbonyl (C=O) groups excluding carboxylic acids is 1. The number of aromatic nitrogens is 3. The van der Waals surface area contributed by atoms with Gasteiger partial charge >= 0.3 is 0 Å². The van der Waals surface area contributed by atoms with Crippen molar-refractivity contribution in [3.8, 4) is 0 Å². The van der Waals surface area contributed by atoms with E-state index in [1.165, 1.54) is 30.2 Å². The van der Waals surface area contributed by atoms with Gasteiger partial charge in [0, 0.05) is 12.3 Å². The lowest BCUT2D eigenvalue weighted by molar-refractivity contribution is 0.0876. The van der Waals surface area contributed by atoms with Crippen molar-refractivity contribution in [3.05, 3.63) is 36.2 Å². The Bertz CT molecular complexity index is 743. The van der Waals surface area contributed by atoms with Crippen molar-refractivity contribution < 1.29 is 13.2 Å². The first-order valence-corrected chi connectivity index (χ1v) is 8.17. The van der Waals surface area contributed by atoms with E-state index in [9.17, 15) is 13.2 Å². The van der Waals surface area contributed by atoms with Gasteiger partial charge < -0.3 is 0 Å². The van der Waals surface area contributed by atoms with Gasteiger partial charge in [0.05, 0.1) is 5.56 Å². The molecule has 2 aromatic rings. The maximum Gasteiger partial charge on any atom is 0.269 e. The molecule has 0 bridgehead atoms. The second-order valence-corrected chi connectivity index (χ2v) is 6.93. The third-order valence-corrected chi connectivity index (χ3v) is 5.54. The average molecular weight is 310 g/mol. The van der Waals surface area contributed by atoms with Gasteiger partial charge in [0.15, 0.2) is 5.16 Å². The number of hydrogen-bond acceptors (Lipinski definition) is 6. The van der Waals surface area contributed by atoms with E-state index in [2.05, 4.69) is 15.2 Å². The summed E-state index contributed by atoms with van der Waals surface area (Å²) in [6.45, 7) is 0.0984. The van der Waals surface area contributed by atoms with Gasteiger partial charge in [-0.25, -0.2) is 17.7 Å². The van der Waals surface area contributed by atoms with E-state index in [0.29, 0.717) is 10.9 Å². The predicted octanol–water partition coefficient (Wildman–Crippen LogP) is 0.742. The lowest BCUT2D eigenvalue weighted by Gasteiger charge is -2.13. The molecule has 0 aliphatic carbocycles. The predicted molar refractivity (Wildman–Crippen MR) is 71.8 cm³/mol. The van der Waals surface area contributed by atoms with Crippen LogP contribution in [0.3, 0.4) is 0 Å². The molecule has 104 valence electrons. The minimum Gasteiger partial charge on any atom is -0.268 e. The molecule has 0 saturated heterocycles. The Morgan fingerprint density at radius 2 is 2.10 bits per heavy atom. The Morgan fingerprint density at radius 1 is 1.30 bits per heavy atom. The number of thioether (sulfide) groups is 1. The highest BCUT2D eigenvalue weighted by Crippen LogP contribution is 2.30. The van der Waals surface area contributed by atoms with Crippen molar-refractivity contribution in [2.75, 3.05) is 12.3 Å². The van der Waals surface area contributed by atoms with Crippen LogP contribution in [0.1, 0.15) is 10.4 Å². The van der Waals surface area contributed by atoms with Crippen molar-refractivity contribution in [1.82, 2.24) is 19.5 Å². The van der Waals surface area contributed by atoms with Gasteiger partial charge in [-0.2, -0.15) is 5.10 Å². The number of benzene rings is 1. The zero-order chi connectivity index (χ0) is 14.2. The summed E-state index contributed by atoms with van der Waals surface area (Å²) in [5.41, 5.74) is 0.233. The molecule has 20 heavy (non-hydrogen) atoms.